The lowest BCUT2D eigenvalue weighted by atomic mass is 10.1. The molecule has 0 aliphatic carbocycles. The van der Waals surface area contributed by atoms with Crippen LogP contribution in [-0.4, -0.2) is 34.9 Å². The van der Waals surface area contributed by atoms with Gasteiger partial charge in [-0.05, 0) is 12.3 Å². The summed E-state index contributed by atoms with van der Waals surface area (Å²) in [6.07, 6.45) is 0.674. The summed E-state index contributed by atoms with van der Waals surface area (Å²) in [6.45, 7) is 0.858. The zero-order valence-electron chi connectivity index (χ0n) is 6.64. The number of nitrogens with zero attached hydrogens (tertiary/aromatic N) is 1. The highest BCUT2D eigenvalue weighted by Crippen LogP contribution is 2.27. The van der Waals surface area contributed by atoms with E-state index in [9.17, 15) is 4.79 Å². The van der Waals surface area contributed by atoms with E-state index in [0.29, 0.717) is 6.42 Å². The normalized spacial score (nSPS) is 30.6. The van der Waals surface area contributed by atoms with E-state index in [2.05, 4.69) is 13.9 Å². The van der Waals surface area contributed by atoms with Gasteiger partial charge in [0.25, 0.3) is 0 Å². The van der Waals surface area contributed by atoms with Crippen molar-refractivity contribution >= 4 is 24.8 Å². The Balaban J connectivity index is 2.51. The molecule has 1 fully saturated rings. The van der Waals surface area contributed by atoms with E-state index in [4.69, 9.17) is 5.11 Å². The van der Waals surface area contributed by atoms with Gasteiger partial charge >= 0.3 is 5.97 Å². The molecule has 1 rings (SSSR count). The van der Waals surface area contributed by atoms with Gasteiger partial charge in [-0.1, -0.05) is 9.39 Å². The lowest BCUT2D eigenvalue weighted by molar-refractivity contribution is -0.136. The fourth-order valence-corrected chi connectivity index (χ4v) is 2.09. The van der Waals surface area contributed by atoms with Crippen LogP contribution in [0.2, 0.25) is 0 Å². The second-order valence-corrected chi connectivity index (χ2v) is 3.83. The maximum atomic E-state index is 11.1. The Morgan fingerprint density at radius 2 is 2.42 bits per heavy atom. The van der Waals surface area contributed by atoms with E-state index >= 15 is 0 Å². The van der Waals surface area contributed by atoms with Gasteiger partial charge in [-0.2, -0.15) is 0 Å². The van der Waals surface area contributed by atoms with Crippen LogP contribution in [0, 0.1) is 5.92 Å². The van der Waals surface area contributed by atoms with Crippen molar-refractivity contribution in [3.8, 4) is 0 Å². The minimum Gasteiger partial charge on any atom is -0.450 e. The van der Waals surface area contributed by atoms with Crippen molar-refractivity contribution in [2.45, 2.75) is 12.5 Å². The smallest absolute Gasteiger partial charge is 0.325 e. The monoisotopic (exact) mass is 209 g/mol. The first-order valence-electron chi connectivity index (χ1n) is 3.71. The van der Waals surface area contributed by atoms with Crippen molar-refractivity contribution in [1.29, 1.82) is 0 Å². The number of hydrogen-bond donors (Lipinski definition) is 1. The highest BCUT2D eigenvalue weighted by molar-refractivity contribution is 7.13. The average Bonchev–Trinajstić information content (AvgIpc) is 2.45. The first-order chi connectivity index (χ1) is 5.69. The fourth-order valence-electron chi connectivity index (χ4n) is 1.39. The zero-order valence-corrected chi connectivity index (χ0v) is 8.95. The van der Waals surface area contributed by atoms with Crippen molar-refractivity contribution < 1.29 is 14.4 Å². The molecule has 1 aliphatic heterocycles. The molecule has 0 saturated carbocycles. The van der Waals surface area contributed by atoms with Gasteiger partial charge in [-0.3, -0.25) is 9.46 Å². The second-order valence-electron chi connectivity index (χ2n) is 2.93. The SMILES string of the molecule is O=C(OP)[C@@H]1C[C@H](CO)CN1P. The zero-order chi connectivity index (χ0) is 9.14. The summed E-state index contributed by atoms with van der Waals surface area (Å²) in [6, 6.07) is -0.218. The van der Waals surface area contributed by atoms with Crippen LogP contribution >= 0.6 is 18.9 Å². The van der Waals surface area contributed by atoms with Gasteiger partial charge in [0.15, 0.2) is 0 Å². The highest BCUT2D eigenvalue weighted by Gasteiger charge is 2.34. The van der Waals surface area contributed by atoms with Crippen LogP contribution in [0.1, 0.15) is 6.42 Å². The molecule has 0 amide bonds. The van der Waals surface area contributed by atoms with Crippen LogP contribution in [0.4, 0.5) is 0 Å². The van der Waals surface area contributed by atoms with Crippen LogP contribution in [0.15, 0.2) is 0 Å². The van der Waals surface area contributed by atoms with Crippen LogP contribution in [0.25, 0.3) is 0 Å². The van der Waals surface area contributed by atoms with E-state index in [1.807, 2.05) is 14.1 Å². The van der Waals surface area contributed by atoms with Gasteiger partial charge in [0.1, 0.15) is 6.04 Å². The lowest BCUT2D eigenvalue weighted by Crippen LogP contribution is -2.28. The third-order valence-corrected chi connectivity index (χ3v) is 2.88. The summed E-state index contributed by atoms with van der Waals surface area (Å²) in [5.41, 5.74) is 0. The average molecular weight is 209 g/mol. The Bertz CT molecular complexity index is 178. The number of hydrogen-bond acceptors (Lipinski definition) is 4. The number of carbonyl (C=O) groups excluding carboxylic acids is 1. The molecule has 1 heterocycles. The van der Waals surface area contributed by atoms with Gasteiger partial charge in [-0.15, -0.1) is 0 Å². The van der Waals surface area contributed by atoms with E-state index < -0.39 is 0 Å². The van der Waals surface area contributed by atoms with E-state index in [1.165, 1.54) is 0 Å². The Kier molecular flexibility index (Phi) is 3.85. The third kappa shape index (κ3) is 2.14. The van der Waals surface area contributed by atoms with E-state index in [0.717, 1.165) is 6.54 Å². The van der Waals surface area contributed by atoms with Crippen molar-refractivity contribution in [2.24, 2.45) is 5.92 Å². The maximum Gasteiger partial charge on any atom is 0.325 e. The van der Waals surface area contributed by atoms with E-state index in [1.54, 1.807) is 0 Å². The molecule has 2 unspecified atom stereocenters. The Hall–Kier alpha value is 0.250. The first-order valence-corrected chi connectivity index (χ1v) is 4.70. The summed E-state index contributed by atoms with van der Waals surface area (Å²) in [5, 5.41) is 8.86. The van der Waals surface area contributed by atoms with Gasteiger partial charge in [0.2, 0.25) is 0 Å². The molecule has 70 valence electrons. The molecule has 4 nitrogen and oxygen atoms in total. The molecule has 1 N–H and O–H groups in total. The molecular weight excluding hydrogens is 196 g/mol. The Morgan fingerprint density at radius 1 is 1.75 bits per heavy atom. The standard InChI is InChI=1S/C6H13NO3P2/c8-3-4-1-5(6(9)10-12)7(11)2-4/h4-5,8H,1-3,11-12H2/t4-,5-/m0/s1. The molecule has 0 spiro atoms. The number of carbonyl (C=O) groups is 1. The molecule has 1 saturated heterocycles. The molecule has 0 bridgehead atoms. The first kappa shape index (κ1) is 10.3. The van der Waals surface area contributed by atoms with Crippen LogP contribution in [0.3, 0.4) is 0 Å². The van der Waals surface area contributed by atoms with Crippen molar-refractivity contribution in [3.05, 3.63) is 0 Å². The second kappa shape index (κ2) is 4.48. The summed E-state index contributed by atoms with van der Waals surface area (Å²) in [5.74, 6) is -0.0671. The number of aliphatic hydroxyl groups is 1. The molecule has 4 atom stereocenters. The summed E-state index contributed by atoms with van der Waals surface area (Å²) >= 11 is 0. The largest absolute Gasteiger partial charge is 0.450 e. The van der Waals surface area contributed by atoms with Crippen LogP contribution in [0.5, 0.6) is 0 Å². The minimum absolute atomic E-state index is 0.130. The molecular formula is C6H13NO3P2. The van der Waals surface area contributed by atoms with Gasteiger partial charge in [-0.25, -0.2) is 0 Å². The predicted molar refractivity (Wildman–Crippen MR) is 51.2 cm³/mol. The molecule has 1 aliphatic rings. The highest BCUT2D eigenvalue weighted by atomic mass is 31.0. The molecule has 0 radical (unpaired) electrons. The maximum absolute atomic E-state index is 11.1. The molecule has 0 aromatic heterocycles. The predicted octanol–water partition coefficient (Wildman–Crippen LogP) is -0.207. The van der Waals surface area contributed by atoms with Crippen molar-refractivity contribution in [3.63, 3.8) is 0 Å². The molecule has 12 heavy (non-hydrogen) atoms. The quantitative estimate of drug-likeness (QED) is 0.639. The van der Waals surface area contributed by atoms with Crippen molar-refractivity contribution in [2.75, 3.05) is 13.2 Å². The Morgan fingerprint density at radius 3 is 2.83 bits per heavy atom. The minimum atomic E-state index is -0.258. The van der Waals surface area contributed by atoms with Gasteiger partial charge < -0.3 is 9.63 Å². The number of aliphatic hydroxyl groups excluding tert-OH is 1. The Labute approximate surface area is 76.2 Å². The summed E-state index contributed by atoms with van der Waals surface area (Å²) in [4.78, 5) is 11.1. The summed E-state index contributed by atoms with van der Waals surface area (Å²) in [7, 11) is 4.42. The third-order valence-electron chi connectivity index (χ3n) is 2.07. The molecule has 0 aromatic rings. The van der Waals surface area contributed by atoms with Gasteiger partial charge in [0, 0.05) is 13.2 Å². The molecule has 0 aromatic carbocycles. The summed E-state index contributed by atoms with van der Waals surface area (Å²) < 4.78 is 6.37. The fraction of sp³-hybridized carbons (Fsp3) is 0.833. The van der Waals surface area contributed by atoms with E-state index in [-0.39, 0.29) is 24.5 Å². The van der Waals surface area contributed by atoms with Crippen LogP contribution < -0.4 is 0 Å². The topological polar surface area (TPSA) is 49.8 Å². The van der Waals surface area contributed by atoms with Crippen molar-refractivity contribution in [1.82, 2.24) is 4.67 Å². The lowest BCUT2D eigenvalue weighted by Gasteiger charge is -2.15. The van der Waals surface area contributed by atoms with Gasteiger partial charge in [0.05, 0.1) is 9.47 Å². The number of rotatable bonds is 2. The van der Waals surface area contributed by atoms with Crippen LogP contribution in [-0.2, 0) is 9.32 Å². The molecule has 6 heteroatoms.